The van der Waals surface area contributed by atoms with E-state index in [1.165, 1.54) is 0 Å². The van der Waals surface area contributed by atoms with Gasteiger partial charge in [-0.1, -0.05) is 24.3 Å². The zero-order chi connectivity index (χ0) is 17.2. The smallest absolute Gasteiger partial charge is 0.117 e. The summed E-state index contributed by atoms with van der Waals surface area (Å²) < 4.78 is 0. The zero-order valence-corrected chi connectivity index (χ0v) is 13.8. The first-order valence-corrected chi connectivity index (χ1v) is 8.18. The van der Waals surface area contributed by atoms with Crippen LogP contribution in [-0.2, 0) is 13.1 Å². The molecule has 1 atom stereocenters. The molecule has 0 aliphatic carbocycles. The Kier molecular flexibility index (Phi) is 4.12. The molecule has 0 aliphatic rings. The number of H-pyrrole nitrogens is 2. The minimum Gasteiger partial charge on any atom is -0.392 e. The fraction of sp³-hybridized carbons (Fsp3) is 0.294. The van der Waals surface area contributed by atoms with E-state index in [1.54, 1.807) is 6.92 Å². The Morgan fingerprint density at radius 3 is 1.88 bits per heavy atom. The summed E-state index contributed by atoms with van der Waals surface area (Å²) in [5.41, 5.74) is 5.54. The number of hydrogen-bond acceptors (Lipinski definition) is 6. The Labute approximate surface area is 143 Å². The number of benzene rings is 2. The third-order valence-corrected chi connectivity index (χ3v) is 4.17. The number of nitrogens with one attached hydrogen (secondary N) is 2. The van der Waals surface area contributed by atoms with Crippen LogP contribution in [0.25, 0.3) is 22.1 Å². The molecular formula is C17H19N7O. The molecule has 2 aromatic carbocycles. The molecule has 128 valence electrons. The van der Waals surface area contributed by atoms with Gasteiger partial charge in [-0.25, -0.2) is 0 Å². The monoisotopic (exact) mass is 337 g/mol. The standard InChI is InChI=1S/C17H19N7O/c1-11(25)8-24(9-12-4-2-6-14-16(12)20-22-18-14)10-13-5-3-7-15-17(13)21-23-19-15/h2-7,11,25H,8-10H2,1H3,(H,18,20,22)(H,19,21,23). The number of aromatic nitrogens is 6. The van der Waals surface area contributed by atoms with E-state index in [-0.39, 0.29) is 0 Å². The minimum absolute atomic E-state index is 0.437. The largest absolute Gasteiger partial charge is 0.392 e. The molecule has 0 fully saturated rings. The lowest BCUT2D eigenvalue weighted by Crippen LogP contribution is -2.30. The predicted octanol–water partition coefficient (Wildman–Crippen LogP) is 1.61. The van der Waals surface area contributed by atoms with Crippen LogP contribution < -0.4 is 0 Å². The number of rotatable bonds is 6. The van der Waals surface area contributed by atoms with Crippen LogP contribution >= 0.6 is 0 Å². The summed E-state index contributed by atoms with van der Waals surface area (Å²) in [6, 6.07) is 11.9. The second-order valence-corrected chi connectivity index (χ2v) is 6.24. The summed E-state index contributed by atoms with van der Waals surface area (Å²) in [4.78, 5) is 2.18. The molecule has 0 aliphatic heterocycles. The third kappa shape index (κ3) is 3.21. The van der Waals surface area contributed by atoms with Gasteiger partial charge in [-0.2, -0.15) is 30.8 Å². The van der Waals surface area contributed by atoms with Gasteiger partial charge in [0.1, 0.15) is 22.1 Å². The van der Waals surface area contributed by atoms with Crippen LogP contribution in [0.2, 0.25) is 0 Å². The number of aromatic amines is 2. The Morgan fingerprint density at radius 2 is 1.40 bits per heavy atom. The molecule has 25 heavy (non-hydrogen) atoms. The summed E-state index contributed by atoms with van der Waals surface area (Å²) in [5, 5.41) is 32.0. The van der Waals surface area contributed by atoms with Crippen molar-refractivity contribution in [3.8, 4) is 0 Å². The van der Waals surface area contributed by atoms with E-state index < -0.39 is 6.10 Å². The topological polar surface area (TPSA) is 107 Å². The minimum atomic E-state index is -0.437. The number of para-hydroxylation sites is 2. The van der Waals surface area contributed by atoms with Gasteiger partial charge >= 0.3 is 0 Å². The van der Waals surface area contributed by atoms with Crippen LogP contribution in [-0.4, -0.2) is 53.5 Å². The maximum absolute atomic E-state index is 9.92. The van der Waals surface area contributed by atoms with E-state index in [4.69, 9.17) is 0 Å². The van der Waals surface area contributed by atoms with E-state index in [9.17, 15) is 5.11 Å². The predicted molar refractivity (Wildman–Crippen MR) is 93.6 cm³/mol. The summed E-state index contributed by atoms with van der Waals surface area (Å²) >= 11 is 0. The third-order valence-electron chi connectivity index (χ3n) is 4.17. The van der Waals surface area contributed by atoms with E-state index in [2.05, 4.69) is 35.7 Å². The van der Waals surface area contributed by atoms with Crippen LogP contribution in [0.1, 0.15) is 18.1 Å². The van der Waals surface area contributed by atoms with Crippen LogP contribution in [0.15, 0.2) is 36.4 Å². The highest BCUT2D eigenvalue weighted by Crippen LogP contribution is 2.20. The lowest BCUT2D eigenvalue weighted by atomic mass is 10.1. The molecule has 2 aromatic heterocycles. The Morgan fingerprint density at radius 1 is 0.880 bits per heavy atom. The highest BCUT2D eigenvalue weighted by molar-refractivity contribution is 5.78. The lowest BCUT2D eigenvalue weighted by Gasteiger charge is -2.24. The van der Waals surface area contributed by atoms with Gasteiger partial charge in [-0.05, 0) is 30.2 Å². The number of nitrogens with zero attached hydrogens (tertiary/aromatic N) is 5. The quantitative estimate of drug-likeness (QED) is 0.493. The van der Waals surface area contributed by atoms with E-state index in [0.29, 0.717) is 19.6 Å². The van der Waals surface area contributed by atoms with Gasteiger partial charge in [-0.15, -0.1) is 0 Å². The first kappa shape index (κ1) is 15.7. The van der Waals surface area contributed by atoms with Crippen molar-refractivity contribution in [3.63, 3.8) is 0 Å². The van der Waals surface area contributed by atoms with Crippen LogP contribution in [0.3, 0.4) is 0 Å². The first-order chi connectivity index (χ1) is 12.2. The van der Waals surface area contributed by atoms with Crippen molar-refractivity contribution in [3.05, 3.63) is 47.5 Å². The molecule has 4 aromatic rings. The van der Waals surface area contributed by atoms with Crippen molar-refractivity contribution in [2.24, 2.45) is 0 Å². The first-order valence-electron chi connectivity index (χ1n) is 8.18. The molecule has 3 N–H and O–H groups in total. The van der Waals surface area contributed by atoms with Crippen LogP contribution in [0.5, 0.6) is 0 Å². The van der Waals surface area contributed by atoms with Crippen molar-refractivity contribution in [2.75, 3.05) is 6.54 Å². The van der Waals surface area contributed by atoms with E-state index in [0.717, 1.165) is 33.2 Å². The summed E-state index contributed by atoms with van der Waals surface area (Å²) in [7, 11) is 0. The summed E-state index contributed by atoms with van der Waals surface area (Å²) in [5.74, 6) is 0. The maximum atomic E-state index is 9.92. The van der Waals surface area contributed by atoms with E-state index in [1.807, 2.05) is 36.4 Å². The molecule has 0 bridgehead atoms. The molecule has 8 heteroatoms. The summed E-state index contributed by atoms with van der Waals surface area (Å²) in [6.07, 6.45) is -0.437. The van der Waals surface area contributed by atoms with Gasteiger partial charge in [0.15, 0.2) is 0 Å². The SMILES string of the molecule is CC(O)CN(Cc1cccc2n[nH]nc12)Cc1cccc2n[nH]nc12. The second kappa shape index (κ2) is 6.58. The second-order valence-electron chi connectivity index (χ2n) is 6.24. The molecule has 0 spiro atoms. The molecule has 0 saturated heterocycles. The number of fused-ring (bicyclic) bond motifs is 2. The molecule has 0 saturated carbocycles. The average Bonchev–Trinajstić information content (AvgIpc) is 3.24. The highest BCUT2D eigenvalue weighted by Gasteiger charge is 2.15. The van der Waals surface area contributed by atoms with Crippen LogP contribution in [0, 0.1) is 0 Å². The van der Waals surface area contributed by atoms with Gasteiger partial charge in [0, 0.05) is 19.6 Å². The maximum Gasteiger partial charge on any atom is 0.117 e. The number of hydrogen-bond donors (Lipinski definition) is 3. The molecule has 0 amide bonds. The zero-order valence-electron chi connectivity index (χ0n) is 13.8. The van der Waals surface area contributed by atoms with Crippen molar-refractivity contribution in [1.82, 2.24) is 35.7 Å². The van der Waals surface area contributed by atoms with E-state index >= 15 is 0 Å². The Bertz CT molecular complexity index is 915. The number of aliphatic hydroxyl groups is 1. The average molecular weight is 337 g/mol. The normalized spacial score (nSPS) is 13.1. The fourth-order valence-electron chi connectivity index (χ4n) is 3.15. The van der Waals surface area contributed by atoms with Gasteiger partial charge in [-0.3, -0.25) is 4.90 Å². The molecule has 8 nitrogen and oxygen atoms in total. The molecule has 2 heterocycles. The van der Waals surface area contributed by atoms with Crippen molar-refractivity contribution in [1.29, 1.82) is 0 Å². The fourth-order valence-corrected chi connectivity index (χ4v) is 3.15. The highest BCUT2D eigenvalue weighted by atomic mass is 16.3. The van der Waals surface area contributed by atoms with Crippen molar-refractivity contribution in [2.45, 2.75) is 26.1 Å². The molecule has 1 unspecified atom stereocenters. The number of aliphatic hydroxyl groups excluding tert-OH is 1. The van der Waals surface area contributed by atoms with Gasteiger partial charge in [0.2, 0.25) is 0 Å². The Balaban J connectivity index is 1.64. The van der Waals surface area contributed by atoms with Gasteiger partial charge < -0.3 is 5.11 Å². The Hall–Kier alpha value is -2.84. The lowest BCUT2D eigenvalue weighted by molar-refractivity contribution is 0.118. The molecular weight excluding hydrogens is 318 g/mol. The van der Waals surface area contributed by atoms with Crippen molar-refractivity contribution < 1.29 is 5.11 Å². The molecule has 0 radical (unpaired) electrons. The van der Waals surface area contributed by atoms with Gasteiger partial charge in [0.05, 0.1) is 6.10 Å². The molecule has 4 rings (SSSR count). The van der Waals surface area contributed by atoms with Crippen LogP contribution in [0.4, 0.5) is 0 Å². The van der Waals surface area contributed by atoms with Gasteiger partial charge in [0.25, 0.3) is 0 Å². The van der Waals surface area contributed by atoms with Crippen molar-refractivity contribution >= 4 is 22.1 Å². The summed E-state index contributed by atoms with van der Waals surface area (Å²) in [6.45, 7) is 3.65.